The molecule has 94 valence electrons. The molecule has 1 aliphatic carbocycles. The van der Waals surface area contributed by atoms with Crippen molar-refractivity contribution in [3.05, 3.63) is 0 Å². The van der Waals surface area contributed by atoms with Gasteiger partial charge in [0.05, 0.1) is 12.0 Å². The first-order chi connectivity index (χ1) is 7.90. The zero-order valence-corrected chi connectivity index (χ0v) is 10.8. The van der Waals surface area contributed by atoms with Crippen LogP contribution in [-0.2, 0) is 4.74 Å². The van der Waals surface area contributed by atoms with E-state index in [0.29, 0.717) is 18.4 Å². The van der Waals surface area contributed by atoms with Crippen LogP contribution in [0, 0.1) is 29.1 Å². The highest BCUT2D eigenvalue weighted by Gasteiger charge is 2.44. The van der Waals surface area contributed by atoms with Crippen molar-refractivity contribution >= 4 is 6.09 Å². The SMILES string of the molecule is CC(C)(C)OC(=O)N1C[C@@H]2CC[C@@H](C#N)[C@@H]2C1. The van der Waals surface area contributed by atoms with Crippen LogP contribution in [0.5, 0.6) is 0 Å². The van der Waals surface area contributed by atoms with E-state index in [1.807, 2.05) is 20.8 Å². The van der Waals surface area contributed by atoms with Crippen LogP contribution in [0.4, 0.5) is 4.79 Å². The molecule has 4 heteroatoms. The van der Waals surface area contributed by atoms with Crippen LogP contribution in [0.2, 0.25) is 0 Å². The van der Waals surface area contributed by atoms with Crippen molar-refractivity contribution in [1.82, 2.24) is 4.90 Å². The van der Waals surface area contributed by atoms with Gasteiger partial charge in [0.25, 0.3) is 0 Å². The Kier molecular flexibility index (Phi) is 3.03. The fourth-order valence-corrected chi connectivity index (χ4v) is 2.90. The van der Waals surface area contributed by atoms with Gasteiger partial charge >= 0.3 is 6.09 Å². The first kappa shape index (κ1) is 12.2. The largest absolute Gasteiger partial charge is 0.444 e. The molecule has 0 bridgehead atoms. The number of carbonyl (C=O) groups is 1. The van der Waals surface area contributed by atoms with Crippen LogP contribution in [0.1, 0.15) is 33.6 Å². The van der Waals surface area contributed by atoms with E-state index >= 15 is 0 Å². The number of ether oxygens (including phenoxy) is 1. The van der Waals surface area contributed by atoms with Crippen molar-refractivity contribution in [2.45, 2.75) is 39.2 Å². The predicted octanol–water partition coefficient (Wildman–Crippen LogP) is 2.40. The number of hydrogen-bond acceptors (Lipinski definition) is 3. The Morgan fingerprint density at radius 1 is 1.35 bits per heavy atom. The molecule has 2 rings (SSSR count). The van der Waals surface area contributed by atoms with Crippen molar-refractivity contribution in [3.63, 3.8) is 0 Å². The van der Waals surface area contributed by atoms with E-state index in [-0.39, 0.29) is 12.0 Å². The third-order valence-corrected chi connectivity index (χ3v) is 3.67. The second-order valence-electron chi connectivity index (χ2n) is 6.12. The second-order valence-corrected chi connectivity index (χ2v) is 6.12. The summed E-state index contributed by atoms with van der Waals surface area (Å²) >= 11 is 0. The minimum Gasteiger partial charge on any atom is -0.444 e. The van der Waals surface area contributed by atoms with Gasteiger partial charge in [-0.05, 0) is 45.4 Å². The Hall–Kier alpha value is -1.24. The molecule has 0 N–H and O–H groups in total. The molecule has 3 atom stereocenters. The van der Waals surface area contributed by atoms with Crippen LogP contribution in [0.25, 0.3) is 0 Å². The number of fused-ring (bicyclic) bond motifs is 1. The molecule has 1 saturated carbocycles. The maximum atomic E-state index is 11.9. The first-order valence-corrected chi connectivity index (χ1v) is 6.28. The highest BCUT2D eigenvalue weighted by atomic mass is 16.6. The van der Waals surface area contributed by atoms with Crippen LogP contribution >= 0.6 is 0 Å². The molecule has 0 radical (unpaired) electrons. The molecule has 0 unspecified atom stereocenters. The van der Waals surface area contributed by atoms with Crippen molar-refractivity contribution < 1.29 is 9.53 Å². The van der Waals surface area contributed by atoms with Gasteiger partial charge in [-0.2, -0.15) is 5.26 Å². The Balaban J connectivity index is 1.95. The zero-order valence-electron chi connectivity index (χ0n) is 10.8. The third kappa shape index (κ3) is 2.54. The lowest BCUT2D eigenvalue weighted by Gasteiger charge is -2.25. The maximum Gasteiger partial charge on any atom is 0.410 e. The van der Waals surface area contributed by atoms with Gasteiger partial charge in [-0.25, -0.2) is 4.79 Å². The molecule has 0 aromatic carbocycles. The van der Waals surface area contributed by atoms with Crippen molar-refractivity contribution in [2.24, 2.45) is 17.8 Å². The van der Waals surface area contributed by atoms with E-state index in [9.17, 15) is 4.79 Å². The molecule has 2 aliphatic rings. The fraction of sp³-hybridized carbons (Fsp3) is 0.846. The summed E-state index contributed by atoms with van der Waals surface area (Å²) in [6, 6.07) is 2.36. The highest BCUT2D eigenvalue weighted by molar-refractivity contribution is 5.68. The lowest BCUT2D eigenvalue weighted by Crippen LogP contribution is -2.36. The number of hydrogen-bond donors (Lipinski definition) is 0. The summed E-state index contributed by atoms with van der Waals surface area (Å²) in [5.41, 5.74) is -0.441. The zero-order chi connectivity index (χ0) is 12.6. The van der Waals surface area contributed by atoms with E-state index in [4.69, 9.17) is 10.00 Å². The summed E-state index contributed by atoms with van der Waals surface area (Å²) < 4.78 is 5.36. The van der Waals surface area contributed by atoms with Crippen molar-refractivity contribution in [2.75, 3.05) is 13.1 Å². The van der Waals surface area contributed by atoms with Gasteiger partial charge in [0.1, 0.15) is 5.60 Å². The van der Waals surface area contributed by atoms with E-state index in [1.165, 1.54) is 0 Å². The van der Waals surface area contributed by atoms with Crippen molar-refractivity contribution in [1.29, 1.82) is 5.26 Å². The molecule has 1 amide bonds. The standard InChI is InChI=1S/C13H20N2O2/c1-13(2,3)17-12(16)15-7-10-5-4-9(6-14)11(10)8-15/h9-11H,4-5,7-8H2,1-3H3/t9-,10-,11-/m0/s1. The lowest BCUT2D eigenvalue weighted by molar-refractivity contribution is 0.0278. The fourth-order valence-electron chi connectivity index (χ4n) is 2.90. The van der Waals surface area contributed by atoms with E-state index < -0.39 is 5.60 Å². The van der Waals surface area contributed by atoms with E-state index in [0.717, 1.165) is 19.4 Å². The van der Waals surface area contributed by atoms with Crippen LogP contribution in [0.3, 0.4) is 0 Å². The third-order valence-electron chi connectivity index (χ3n) is 3.67. The predicted molar refractivity (Wildman–Crippen MR) is 63.1 cm³/mol. The van der Waals surface area contributed by atoms with Gasteiger partial charge in [-0.15, -0.1) is 0 Å². The molecule has 0 aromatic rings. The summed E-state index contributed by atoms with van der Waals surface area (Å²) in [5, 5.41) is 9.04. The topological polar surface area (TPSA) is 53.3 Å². The monoisotopic (exact) mass is 236 g/mol. The number of amides is 1. The number of rotatable bonds is 0. The minimum atomic E-state index is -0.441. The van der Waals surface area contributed by atoms with Gasteiger partial charge in [-0.3, -0.25) is 0 Å². The average Bonchev–Trinajstić information content (AvgIpc) is 2.72. The van der Waals surface area contributed by atoms with E-state index in [1.54, 1.807) is 4.90 Å². The van der Waals surface area contributed by atoms with Gasteiger partial charge in [0, 0.05) is 13.1 Å². The number of carbonyl (C=O) groups excluding carboxylic acids is 1. The molecule has 1 saturated heterocycles. The second kappa shape index (κ2) is 4.21. The molecule has 1 aliphatic heterocycles. The Labute approximate surface area is 103 Å². The van der Waals surface area contributed by atoms with Crippen molar-refractivity contribution in [3.8, 4) is 6.07 Å². The van der Waals surface area contributed by atoms with Crippen LogP contribution in [0.15, 0.2) is 0 Å². The Bertz CT molecular complexity index is 353. The summed E-state index contributed by atoms with van der Waals surface area (Å²) in [5.74, 6) is 1.01. The van der Waals surface area contributed by atoms with Gasteiger partial charge < -0.3 is 9.64 Å². The smallest absolute Gasteiger partial charge is 0.410 e. The highest BCUT2D eigenvalue weighted by Crippen LogP contribution is 2.42. The maximum absolute atomic E-state index is 11.9. The number of nitrogens with zero attached hydrogens (tertiary/aromatic N) is 2. The average molecular weight is 236 g/mol. The summed E-state index contributed by atoms with van der Waals surface area (Å²) in [7, 11) is 0. The molecular weight excluding hydrogens is 216 g/mol. The summed E-state index contributed by atoms with van der Waals surface area (Å²) in [6.45, 7) is 7.08. The molecule has 0 spiro atoms. The Morgan fingerprint density at radius 2 is 2.06 bits per heavy atom. The lowest BCUT2D eigenvalue weighted by atomic mass is 9.94. The quantitative estimate of drug-likeness (QED) is 0.649. The molecule has 4 nitrogen and oxygen atoms in total. The minimum absolute atomic E-state index is 0.132. The molecular formula is C13H20N2O2. The molecule has 17 heavy (non-hydrogen) atoms. The summed E-state index contributed by atoms with van der Waals surface area (Å²) in [6.07, 6.45) is 1.83. The first-order valence-electron chi connectivity index (χ1n) is 6.28. The van der Waals surface area contributed by atoms with Gasteiger partial charge in [0.15, 0.2) is 0 Å². The van der Waals surface area contributed by atoms with E-state index in [2.05, 4.69) is 6.07 Å². The summed E-state index contributed by atoms with van der Waals surface area (Å²) in [4.78, 5) is 13.7. The Morgan fingerprint density at radius 3 is 2.65 bits per heavy atom. The molecule has 0 aromatic heterocycles. The number of likely N-dealkylation sites (tertiary alicyclic amines) is 1. The number of nitriles is 1. The normalized spacial score (nSPS) is 32.1. The molecule has 2 fully saturated rings. The van der Waals surface area contributed by atoms with Crippen LogP contribution in [-0.4, -0.2) is 29.7 Å². The van der Waals surface area contributed by atoms with Crippen LogP contribution < -0.4 is 0 Å². The molecule has 1 heterocycles. The van der Waals surface area contributed by atoms with Gasteiger partial charge in [-0.1, -0.05) is 0 Å². The van der Waals surface area contributed by atoms with Gasteiger partial charge in [0.2, 0.25) is 0 Å².